The van der Waals surface area contributed by atoms with E-state index in [1.165, 1.54) is 11.1 Å². The molecule has 2 aromatic heterocycles. The minimum atomic E-state index is 0.309. The molecular formula is C16H14ClN3S. The van der Waals surface area contributed by atoms with Gasteiger partial charge in [0.2, 0.25) is 5.28 Å². The number of nitrogens with one attached hydrogen (secondary N) is 1. The number of halogens is 1. The van der Waals surface area contributed by atoms with Crippen LogP contribution in [0.15, 0.2) is 35.7 Å². The van der Waals surface area contributed by atoms with E-state index in [0.29, 0.717) is 11.3 Å². The molecule has 21 heavy (non-hydrogen) atoms. The van der Waals surface area contributed by atoms with Crippen LogP contribution in [0.4, 0.5) is 5.82 Å². The number of benzene rings is 1. The van der Waals surface area contributed by atoms with E-state index in [0.717, 1.165) is 35.3 Å². The Labute approximate surface area is 132 Å². The Hall–Kier alpha value is -1.65. The zero-order valence-electron chi connectivity index (χ0n) is 11.3. The summed E-state index contributed by atoms with van der Waals surface area (Å²) < 4.78 is 0. The van der Waals surface area contributed by atoms with Crippen molar-refractivity contribution in [1.29, 1.82) is 0 Å². The van der Waals surface area contributed by atoms with Crippen LogP contribution < -0.4 is 5.32 Å². The third-order valence-corrected chi connectivity index (χ3v) is 4.96. The van der Waals surface area contributed by atoms with Crippen molar-refractivity contribution < 1.29 is 0 Å². The molecule has 0 saturated carbocycles. The Morgan fingerprint density at radius 1 is 1.14 bits per heavy atom. The number of anilines is 1. The Kier molecular flexibility index (Phi) is 3.28. The molecule has 1 unspecified atom stereocenters. The van der Waals surface area contributed by atoms with Gasteiger partial charge in [-0.1, -0.05) is 24.3 Å². The normalized spacial score (nSPS) is 17.7. The maximum Gasteiger partial charge on any atom is 0.225 e. The number of thiophene rings is 1. The first-order valence-electron chi connectivity index (χ1n) is 7.03. The van der Waals surface area contributed by atoms with Crippen molar-refractivity contribution in [3.05, 3.63) is 52.1 Å². The number of nitrogens with zero attached hydrogens (tertiary/aromatic N) is 2. The third kappa shape index (κ3) is 2.49. The summed E-state index contributed by atoms with van der Waals surface area (Å²) in [4.78, 5) is 9.57. The van der Waals surface area contributed by atoms with Gasteiger partial charge in [-0.3, -0.25) is 0 Å². The second-order valence-corrected chi connectivity index (χ2v) is 6.57. The van der Waals surface area contributed by atoms with Gasteiger partial charge in [-0.2, -0.15) is 0 Å². The van der Waals surface area contributed by atoms with E-state index in [-0.39, 0.29) is 0 Å². The lowest BCUT2D eigenvalue weighted by Gasteiger charge is -2.26. The van der Waals surface area contributed by atoms with Gasteiger partial charge in [0.1, 0.15) is 10.6 Å². The zero-order chi connectivity index (χ0) is 14.2. The minimum absolute atomic E-state index is 0.309. The van der Waals surface area contributed by atoms with E-state index in [4.69, 9.17) is 11.6 Å². The van der Waals surface area contributed by atoms with Crippen LogP contribution >= 0.6 is 22.9 Å². The molecular weight excluding hydrogens is 302 g/mol. The molecule has 0 saturated heterocycles. The minimum Gasteiger partial charge on any atom is -0.366 e. The Bertz CT molecular complexity index is 799. The zero-order valence-corrected chi connectivity index (χ0v) is 12.9. The molecule has 1 aliphatic carbocycles. The predicted octanol–water partition coefficient (Wildman–Crippen LogP) is 4.31. The van der Waals surface area contributed by atoms with Crippen molar-refractivity contribution in [2.75, 3.05) is 5.32 Å². The fourth-order valence-corrected chi connectivity index (χ4v) is 3.94. The molecule has 2 heterocycles. The first-order valence-corrected chi connectivity index (χ1v) is 8.29. The molecule has 0 amide bonds. The van der Waals surface area contributed by atoms with Crippen LogP contribution in [0.1, 0.15) is 17.5 Å². The number of aromatic nitrogens is 2. The highest BCUT2D eigenvalue weighted by atomic mass is 35.5. The largest absolute Gasteiger partial charge is 0.366 e. The van der Waals surface area contributed by atoms with Gasteiger partial charge in [-0.25, -0.2) is 9.97 Å². The summed E-state index contributed by atoms with van der Waals surface area (Å²) in [6.07, 6.45) is 3.26. The predicted molar refractivity (Wildman–Crippen MR) is 88.3 cm³/mol. The van der Waals surface area contributed by atoms with Crippen LogP contribution in [0, 0.1) is 0 Å². The fraction of sp³-hybridized carbons (Fsp3) is 0.250. The summed E-state index contributed by atoms with van der Waals surface area (Å²) in [5.41, 5.74) is 2.90. The van der Waals surface area contributed by atoms with Gasteiger partial charge < -0.3 is 5.32 Å². The van der Waals surface area contributed by atoms with Gasteiger partial charge >= 0.3 is 0 Å². The molecule has 0 radical (unpaired) electrons. The number of hydrogen-bond donors (Lipinski definition) is 1. The van der Waals surface area contributed by atoms with E-state index in [9.17, 15) is 0 Å². The number of fused-ring (bicyclic) bond motifs is 2. The van der Waals surface area contributed by atoms with Gasteiger partial charge in [0.05, 0.1) is 5.39 Å². The summed E-state index contributed by atoms with van der Waals surface area (Å²) in [5, 5.41) is 6.96. The number of rotatable bonds is 2. The molecule has 1 atom stereocenters. The average Bonchev–Trinajstić information content (AvgIpc) is 2.95. The van der Waals surface area contributed by atoms with E-state index in [1.807, 2.05) is 5.38 Å². The highest BCUT2D eigenvalue weighted by molar-refractivity contribution is 7.16. The summed E-state index contributed by atoms with van der Waals surface area (Å²) in [7, 11) is 0. The van der Waals surface area contributed by atoms with Gasteiger partial charge in [0.25, 0.3) is 0 Å². The molecule has 0 fully saturated rings. The van der Waals surface area contributed by atoms with E-state index in [2.05, 4.69) is 45.6 Å². The molecule has 1 aliphatic rings. The molecule has 1 N–H and O–H groups in total. The van der Waals surface area contributed by atoms with Gasteiger partial charge in [0, 0.05) is 6.04 Å². The Morgan fingerprint density at radius 2 is 2.00 bits per heavy atom. The second-order valence-electron chi connectivity index (χ2n) is 5.33. The molecule has 106 valence electrons. The van der Waals surface area contributed by atoms with Crippen molar-refractivity contribution in [1.82, 2.24) is 9.97 Å². The molecule has 0 aliphatic heterocycles. The average molecular weight is 316 g/mol. The summed E-state index contributed by atoms with van der Waals surface area (Å²) in [6, 6.07) is 11.1. The quantitative estimate of drug-likeness (QED) is 0.716. The summed E-state index contributed by atoms with van der Waals surface area (Å²) >= 11 is 7.61. The monoisotopic (exact) mass is 315 g/mol. The summed E-state index contributed by atoms with van der Waals surface area (Å²) in [6.45, 7) is 0. The molecule has 0 spiro atoms. The van der Waals surface area contributed by atoms with Crippen molar-refractivity contribution in [2.24, 2.45) is 0 Å². The molecule has 0 bridgehead atoms. The highest BCUT2D eigenvalue weighted by Crippen LogP contribution is 2.29. The first-order chi connectivity index (χ1) is 10.3. The highest BCUT2D eigenvalue weighted by Gasteiger charge is 2.19. The maximum atomic E-state index is 6.02. The third-order valence-electron chi connectivity index (χ3n) is 3.99. The summed E-state index contributed by atoms with van der Waals surface area (Å²) in [5.74, 6) is 0.857. The maximum absolute atomic E-state index is 6.02. The Morgan fingerprint density at radius 3 is 2.90 bits per heavy atom. The van der Waals surface area contributed by atoms with Crippen LogP contribution in [0.5, 0.6) is 0 Å². The molecule has 5 heteroatoms. The smallest absolute Gasteiger partial charge is 0.225 e. The standard InChI is InChI=1S/C16H14ClN3S/c17-16-19-14(13-7-8-21-15(13)20-16)18-12-6-5-10-3-1-2-4-11(10)9-12/h1-4,7-8,12H,5-6,9H2,(H,18,19,20). The molecule has 3 aromatic rings. The lowest BCUT2D eigenvalue weighted by Crippen LogP contribution is -2.27. The van der Waals surface area contributed by atoms with Gasteiger partial charge in [-0.15, -0.1) is 11.3 Å². The van der Waals surface area contributed by atoms with Crippen LogP contribution in [-0.4, -0.2) is 16.0 Å². The topological polar surface area (TPSA) is 37.8 Å². The van der Waals surface area contributed by atoms with Crippen molar-refractivity contribution >= 4 is 39.0 Å². The van der Waals surface area contributed by atoms with E-state index < -0.39 is 0 Å². The van der Waals surface area contributed by atoms with Crippen molar-refractivity contribution in [3.8, 4) is 0 Å². The SMILES string of the molecule is Clc1nc(NC2CCc3ccccc3C2)c2ccsc2n1. The first kappa shape index (κ1) is 13.0. The van der Waals surface area contributed by atoms with Crippen LogP contribution in [0.2, 0.25) is 5.28 Å². The lowest BCUT2D eigenvalue weighted by atomic mass is 9.88. The molecule has 3 nitrogen and oxygen atoms in total. The molecule has 1 aromatic carbocycles. The van der Waals surface area contributed by atoms with Crippen LogP contribution in [0.25, 0.3) is 10.2 Å². The Balaban J connectivity index is 1.63. The van der Waals surface area contributed by atoms with E-state index in [1.54, 1.807) is 11.3 Å². The fourth-order valence-electron chi connectivity index (χ4n) is 2.95. The number of hydrogen-bond acceptors (Lipinski definition) is 4. The number of aryl methyl sites for hydroxylation is 1. The van der Waals surface area contributed by atoms with Crippen molar-refractivity contribution in [2.45, 2.75) is 25.3 Å². The van der Waals surface area contributed by atoms with Crippen LogP contribution in [0.3, 0.4) is 0 Å². The van der Waals surface area contributed by atoms with Crippen LogP contribution in [-0.2, 0) is 12.8 Å². The molecule has 4 rings (SSSR count). The van der Waals surface area contributed by atoms with Crippen molar-refractivity contribution in [3.63, 3.8) is 0 Å². The van der Waals surface area contributed by atoms with Gasteiger partial charge in [0.15, 0.2) is 0 Å². The van der Waals surface area contributed by atoms with E-state index >= 15 is 0 Å². The van der Waals surface area contributed by atoms with Gasteiger partial charge in [-0.05, 0) is 53.4 Å². The lowest BCUT2D eigenvalue weighted by molar-refractivity contribution is 0.609. The second kappa shape index (κ2) is 5.28.